The molecule has 1 N–H and O–H groups in total. The summed E-state index contributed by atoms with van der Waals surface area (Å²) in [4.78, 5) is 18.3. The number of hydrogen-bond donors (Lipinski definition) is 1. The van der Waals surface area contributed by atoms with Gasteiger partial charge in [0.2, 0.25) is 0 Å². The number of nitrogens with zero attached hydrogens (tertiary/aromatic N) is 3. The Bertz CT molecular complexity index is 790. The topological polar surface area (TPSA) is 89.7 Å². The van der Waals surface area contributed by atoms with E-state index in [1.165, 1.54) is 6.07 Å². The van der Waals surface area contributed by atoms with E-state index in [9.17, 15) is 9.18 Å². The molecule has 1 aliphatic rings. The minimum Gasteiger partial charge on any atom is -0.378 e. The van der Waals surface area contributed by atoms with Crippen LogP contribution in [0.4, 0.5) is 14.9 Å². The summed E-state index contributed by atoms with van der Waals surface area (Å²) >= 11 is 0. The highest BCUT2D eigenvalue weighted by molar-refractivity contribution is 5.90. The molecule has 1 aromatic heterocycles. The molecule has 28 heavy (non-hydrogen) atoms. The summed E-state index contributed by atoms with van der Waals surface area (Å²) < 4.78 is 29.5. The SMILES string of the molecule is COCc1nc(CCOC2CCN(C(=O)Nc3cccc(F)c3C)CC2)no1. The van der Waals surface area contributed by atoms with Gasteiger partial charge in [0.1, 0.15) is 12.4 Å². The third kappa shape index (κ3) is 5.26. The largest absolute Gasteiger partial charge is 0.378 e. The molecular weight excluding hydrogens is 367 g/mol. The highest BCUT2D eigenvalue weighted by Crippen LogP contribution is 2.20. The summed E-state index contributed by atoms with van der Waals surface area (Å²) in [5.41, 5.74) is 0.931. The molecule has 9 heteroatoms. The number of ether oxygens (including phenoxy) is 2. The second kappa shape index (κ2) is 9.61. The maximum absolute atomic E-state index is 13.6. The van der Waals surface area contributed by atoms with Crippen LogP contribution in [-0.2, 0) is 22.5 Å². The van der Waals surface area contributed by atoms with Crippen molar-refractivity contribution in [3.63, 3.8) is 0 Å². The van der Waals surface area contributed by atoms with Crippen LogP contribution in [0, 0.1) is 12.7 Å². The second-order valence-corrected chi connectivity index (χ2v) is 6.69. The third-order valence-electron chi connectivity index (χ3n) is 4.70. The van der Waals surface area contributed by atoms with Crippen LogP contribution in [0.3, 0.4) is 0 Å². The zero-order chi connectivity index (χ0) is 19.9. The summed E-state index contributed by atoms with van der Waals surface area (Å²) in [5, 5.41) is 6.65. The molecule has 3 rings (SSSR count). The van der Waals surface area contributed by atoms with Crippen molar-refractivity contribution in [1.29, 1.82) is 0 Å². The minimum atomic E-state index is -0.333. The van der Waals surface area contributed by atoms with Gasteiger partial charge in [-0.25, -0.2) is 9.18 Å². The average Bonchev–Trinajstić information content (AvgIpc) is 3.14. The number of likely N-dealkylation sites (tertiary alicyclic amines) is 1. The fourth-order valence-corrected chi connectivity index (χ4v) is 3.05. The Morgan fingerprint density at radius 2 is 2.18 bits per heavy atom. The lowest BCUT2D eigenvalue weighted by molar-refractivity contribution is 0.0168. The van der Waals surface area contributed by atoms with Gasteiger partial charge < -0.3 is 24.2 Å². The van der Waals surface area contributed by atoms with Gasteiger partial charge in [-0.15, -0.1) is 0 Å². The fraction of sp³-hybridized carbons (Fsp3) is 0.526. The van der Waals surface area contributed by atoms with Crippen molar-refractivity contribution in [3.8, 4) is 0 Å². The molecule has 0 saturated carbocycles. The van der Waals surface area contributed by atoms with Gasteiger partial charge in [-0.05, 0) is 31.9 Å². The van der Waals surface area contributed by atoms with Crippen molar-refractivity contribution in [2.75, 3.05) is 32.1 Å². The molecule has 1 aromatic carbocycles. The van der Waals surface area contributed by atoms with E-state index in [2.05, 4.69) is 15.5 Å². The average molecular weight is 392 g/mol. The number of urea groups is 1. The first-order valence-corrected chi connectivity index (χ1v) is 9.30. The number of aromatic nitrogens is 2. The molecule has 0 spiro atoms. The van der Waals surface area contributed by atoms with E-state index in [0.29, 0.717) is 55.7 Å². The lowest BCUT2D eigenvalue weighted by Crippen LogP contribution is -2.43. The van der Waals surface area contributed by atoms with Crippen LogP contribution in [0.15, 0.2) is 22.7 Å². The first-order valence-electron chi connectivity index (χ1n) is 9.30. The number of carbonyl (C=O) groups is 1. The van der Waals surface area contributed by atoms with Crippen LogP contribution in [0.25, 0.3) is 0 Å². The molecule has 0 aliphatic carbocycles. The molecule has 1 fully saturated rings. The zero-order valence-corrected chi connectivity index (χ0v) is 16.1. The predicted molar refractivity (Wildman–Crippen MR) is 99.4 cm³/mol. The first kappa shape index (κ1) is 20.2. The summed E-state index contributed by atoms with van der Waals surface area (Å²) in [6.45, 7) is 3.61. The van der Waals surface area contributed by atoms with Crippen LogP contribution in [0.1, 0.15) is 30.1 Å². The number of benzene rings is 1. The van der Waals surface area contributed by atoms with Crippen molar-refractivity contribution < 1.29 is 23.2 Å². The molecule has 0 radical (unpaired) electrons. The number of nitrogens with one attached hydrogen (secondary N) is 1. The summed E-state index contributed by atoms with van der Waals surface area (Å²) in [6.07, 6.45) is 2.14. The maximum Gasteiger partial charge on any atom is 0.321 e. The summed E-state index contributed by atoms with van der Waals surface area (Å²) in [6, 6.07) is 4.44. The Morgan fingerprint density at radius 3 is 2.93 bits per heavy atom. The van der Waals surface area contributed by atoms with Gasteiger partial charge in [0.15, 0.2) is 5.82 Å². The molecule has 0 atom stereocenters. The maximum atomic E-state index is 13.6. The summed E-state index contributed by atoms with van der Waals surface area (Å²) in [7, 11) is 1.57. The van der Waals surface area contributed by atoms with Gasteiger partial charge in [-0.1, -0.05) is 11.2 Å². The molecule has 2 heterocycles. The van der Waals surface area contributed by atoms with Gasteiger partial charge in [0.25, 0.3) is 5.89 Å². The lowest BCUT2D eigenvalue weighted by Gasteiger charge is -2.32. The van der Waals surface area contributed by atoms with E-state index < -0.39 is 0 Å². The zero-order valence-electron chi connectivity index (χ0n) is 16.1. The van der Waals surface area contributed by atoms with E-state index in [-0.39, 0.29) is 18.0 Å². The van der Waals surface area contributed by atoms with Crippen molar-refractivity contribution in [2.24, 2.45) is 0 Å². The highest BCUT2D eigenvalue weighted by Gasteiger charge is 2.24. The van der Waals surface area contributed by atoms with Gasteiger partial charge >= 0.3 is 6.03 Å². The molecule has 2 aromatic rings. The molecule has 8 nitrogen and oxygen atoms in total. The van der Waals surface area contributed by atoms with Gasteiger partial charge in [0.05, 0.1) is 12.7 Å². The smallest absolute Gasteiger partial charge is 0.321 e. The van der Waals surface area contributed by atoms with Crippen molar-refractivity contribution in [1.82, 2.24) is 15.0 Å². The molecule has 152 valence electrons. The number of hydrogen-bond acceptors (Lipinski definition) is 6. The van der Waals surface area contributed by atoms with E-state index in [1.54, 1.807) is 31.1 Å². The number of rotatable bonds is 7. The van der Waals surface area contributed by atoms with E-state index in [1.807, 2.05) is 0 Å². The van der Waals surface area contributed by atoms with Crippen LogP contribution >= 0.6 is 0 Å². The van der Waals surface area contributed by atoms with Crippen LogP contribution < -0.4 is 5.32 Å². The van der Waals surface area contributed by atoms with Crippen LogP contribution in [0.2, 0.25) is 0 Å². The number of piperidine rings is 1. The Labute approximate surface area is 163 Å². The molecule has 1 saturated heterocycles. The fourth-order valence-electron chi connectivity index (χ4n) is 3.05. The van der Waals surface area contributed by atoms with E-state index in [4.69, 9.17) is 14.0 Å². The molecule has 0 unspecified atom stereocenters. The Kier molecular flexibility index (Phi) is 6.94. The second-order valence-electron chi connectivity index (χ2n) is 6.69. The molecular formula is C19H25FN4O4. The monoisotopic (exact) mass is 392 g/mol. The number of halogens is 1. The van der Waals surface area contributed by atoms with Crippen LogP contribution in [0.5, 0.6) is 0 Å². The number of carbonyl (C=O) groups excluding carboxylic acids is 1. The first-order chi connectivity index (χ1) is 13.6. The lowest BCUT2D eigenvalue weighted by atomic mass is 10.1. The number of amides is 2. The Balaban J connectivity index is 1.39. The highest BCUT2D eigenvalue weighted by atomic mass is 19.1. The minimum absolute atomic E-state index is 0.0882. The number of methoxy groups -OCH3 is 1. The van der Waals surface area contributed by atoms with Gasteiger partial charge in [-0.3, -0.25) is 0 Å². The molecule has 2 amide bonds. The Morgan fingerprint density at radius 1 is 1.39 bits per heavy atom. The van der Waals surface area contributed by atoms with Gasteiger partial charge in [0, 0.05) is 37.9 Å². The van der Waals surface area contributed by atoms with Crippen molar-refractivity contribution in [3.05, 3.63) is 41.3 Å². The van der Waals surface area contributed by atoms with Crippen molar-refractivity contribution in [2.45, 2.75) is 38.9 Å². The van der Waals surface area contributed by atoms with Crippen LogP contribution in [-0.4, -0.2) is 54.0 Å². The summed E-state index contributed by atoms with van der Waals surface area (Å²) in [5.74, 6) is 0.709. The standard InChI is InChI=1S/C19H25FN4O4/c1-13-15(20)4-3-5-16(13)21-19(25)24-9-6-14(7-10-24)27-11-8-17-22-18(12-26-2)28-23-17/h3-5,14H,6-12H2,1-2H3,(H,21,25). The van der Waals surface area contributed by atoms with E-state index >= 15 is 0 Å². The normalized spacial score (nSPS) is 15.0. The molecule has 1 aliphatic heterocycles. The quantitative estimate of drug-likeness (QED) is 0.779. The molecule has 0 bridgehead atoms. The Hall–Kier alpha value is -2.52. The van der Waals surface area contributed by atoms with E-state index in [0.717, 1.165) is 12.8 Å². The van der Waals surface area contributed by atoms with Gasteiger partial charge in [-0.2, -0.15) is 4.98 Å². The number of anilines is 1. The predicted octanol–water partition coefficient (Wildman–Crippen LogP) is 2.92. The van der Waals surface area contributed by atoms with Crippen molar-refractivity contribution >= 4 is 11.7 Å². The third-order valence-corrected chi connectivity index (χ3v) is 4.70.